The molecular weight excluding hydrogens is 374 g/mol. The molecule has 3 heterocycles. The van der Waals surface area contributed by atoms with Crippen molar-refractivity contribution < 1.29 is 4.79 Å². The van der Waals surface area contributed by atoms with E-state index in [0.717, 1.165) is 22.2 Å². The molecule has 1 saturated heterocycles. The van der Waals surface area contributed by atoms with E-state index in [1.165, 1.54) is 0 Å². The fraction of sp³-hybridized carbons (Fsp3) is 0.167. The Hall–Kier alpha value is -3.80. The maximum Gasteiger partial charge on any atom is 0.254 e. The summed E-state index contributed by atoms with van der Waals surface area (Å²) in [6, 6.07) is 21.6. The molecular formula is C24H21N5O. The summed E-state index contributed by atoms with van der Waals surface area (Å²) >= 11 is 0. The molecule has 2 aromatic heterocycles. The van der Waals surface area contributed by atoms with Gasteiger partial charge in [0.25, 0.3) is 5.91 Å². The SMILES string of the molecule is O=C(c1cc(-c2ccccc2)nc2ccccc12)N1CCN(c2ncccn2)CC1. The van der Waals surface area contributed by atoms with Crippen LogP contribution in [0.5, 0.6) is 0 Å². The Morgan fingerprint density at radius 1 is 0.800 bits per heavy atom. The first-order chi connectivity index (χ1) is 14.8. The molecule has 6 nitrogen and oxygen atoms in total. The van der Waals surface area contributed by atoms with E-state index in [-0.39, 0.29) is 5.91 Å². The van der Waals surface area contributed by atoms with E-state index in [4.69, 9.17) is 4.98 Å². The Morgan fingerprint density at radius 2 is 1.50 bits per heavy atom. The summed E-state index contributed by atoms with van der Waals surface area (Å²) < 4.78 is 0. The average Bonchev–Trinajstić information content (AvgIpc) is 2.84. The highest BCUT2D eigenvalue weighted by atomic mass is 16.2. The van der Waals surface area contributed by atoms with Crippen molar-refractivity contribution in [3.8, 4) is 11.3 Å². The van der Waals surface area contributed by atoms with E-state index in [9.17, 15) is 4.79 Å². The molecule has 1 aliphatic rings. The topological polar surface area (TPSA) is 62.2 Å². The molecule has 0 aliphatic carbocycles. The highest BCUT2D eigenvalue weighted by Gasteiger charge is 2.25. The smallest absolute Gasteiger partial charge is 0.254 e. The van der Waals surface area contributed by atoms with Crippen LogP contribution in [-0.2, 0) is 0 Å². The monoisotopic (exact) mass is 395 g/mol. The van der Waals surface area contributed by atoms with E-state index in [1.54, 1.807) is 12.4 Å². The highest BCUT2D eigenvalue weighted by Crippen LogP contribution is 2.26. The Kier molecular flexibility index (Phi) is 4.81. The summed E-state index contributed by atoms with van der Waals surface area (Å²) in [5.74, 6) is 0.754. The van der Waals surface area contributed by atoms with Gasteiger partial charge in [-0.1, -0.05) is 48.5 Å². The minimum absolute atomic E-state index is 0.0411. The van der Waals surface area contributed by atoms with E-state index < -0.39 is 0 Å². The van der Waals surface area contributed by atoms with Crippen LogP contribution in [0.4, 0.5) is 5.95 Å². The minimum Gasteiger partial charge on any atom is -0.337 e. The van der Waals surface area contributed by atoms with E-state index in [1.807, 2.05) is 71.6 Å². The molecule has 1 fully saturated rings. The Bertz CT molecular complexity index is 1170. The van der Waals surface area contributed by atoms with Gasteiger partial charge in [-0.05, 0) is 18.2 Å². The third kappa shape index (κ3) is 3.48. The van der Waals surface area contributed by atoms with Gasteiger partial charge in [-0.15, -0.1) is 0 Å². The number of benzene rings is 2. The maximum absolute atomic E-state index is 13.5. The predicted octanol–water partition coefficient (Wildman–Crippen LogP) is 3.65. The first-order valence-electron chi connectivity index (χ1n) is 10.1. The molecule has 5 rings (SSSR count). The second kappa shape index (κ2) is 7.91. The summed E-state index contributed by atoms with van der Waals surface area (Å²) in [5.41, 5.74) is 3.35. The van der Waals surface area contributed by atoms with Gasteiger partial charge in [-0.25, -0.2) is 15.0 Å². The number of rotatable bonds is 3. The van der Waals surface area contributed by atoms with Crippen molar-refractivity contribution in [2.45, 2.75) is 0 Å². The summed E-state index contributed by atoms with van der Waals surface area (Å²) in [6.45, 7) is 2.69. The number of nitrogens with zero attached hydrogens (tertiary/aromatic N) is 5. The lowest BCUT2D eigenvalue weighted by Gasteiger charge is -2.34. The molecule has 6 heteroatoms. The second-order valence-electron chi connectivity index (χ2n) is 7.27. The molecule has 0 radical (unpaired) electrons. The molecule has 0 unspecified atom stereocenters. The van der Waals surface area contributed by atoms with Crippen LogP contribution in [-0.4, -0.2) is 51.9 Å². The van der Waals surface area contributed by atoms with Crippen LogP contribution < -0.4 is 4.90 Å². The predicted molar refractivity (Wildman–Crippen MR) is 117 cm³/mol. The summed E-state index contributed by atoms with van der Waals surface area (Å²) in [7, 11) is 0. The number of hydrogen-bond acceptors (Lipinski definition) is 5. The Labute approximate surface area is 174 Å². The first-order valence-corrected chi connectivity index (χ1v) is 10.1. The van der Waals surface area contributed by atoms with Crippen molar-refractivity contribution in [1.82, 2.24) is 19.9 Å². The van der Waals surface area contributed by atoms with Crippen LogP contribution in [0.25, 0.3) is 22.2 Å². The molecule has 2 aromatic carbocycles. The van der Waals surface area contributed by atoms with Gasteiger partial charge in [0.2, 0.25) is 5.95 Å². The number of carbonyl (C=O) groups excluding carboxylic acids is 1. The van der Waals surface area contributed by atoms with Crippen molar-refractivity contribution in [1.29, 1.82) is 0 Å². The lowest BCUT2D eigenvalue weighted by atomic mass is 10.0. The lowest BCUT2D eigenvalue weighted by Crippen LogP contribution is -2.49. The molecule has 148 valence electrons. The molecule has 0 N–H and O–H groups in total. The molecule has 0 saturated carbocycles. The summed E-state index contributed by atoms with van der Waals surface area (Å²) in [6.07, 6.45) is 3.49. The van der Waals surface area contributed by atoms with Crippen LogP contribution in [0.3, 0.4) is 0 Å². The number of para-hydroxylation sites is 1. The van der Waals surface area contributed by atoms with Gasteiger partial charge >= 0.3 is 0 Å². The first kappa shape index (κ1) is 18.2. The largest absolute Gasteiger partial charge is 0.337 e. The number of aromatic nitrogens is 3. The number of pyridine rings is 1. The average molecular weight is 395 g/mol. The third-order valence-electron chi connectivity index (χ3n) is 5.42. The van der Waals surface area contributed by atoms with Gasteiger partial charge < -0.3 is 9.80 Å². The van der Waals surface area contributed by atoms with Crippen LogP contribution in [0.1, 0.15) is 10.4 Å². The zero-order valence-electron chi connectivity index (χ0n) is 16.5. The Balaban J connectivity index is 1.45. The van der Waals surface area contributed by atoms with E-state index in [2.05, 4.69) is 14.9 Å². The van der Waals surface area contributed by atoms with Crippen LogP contribution >= 0.6 is 0 Å². The highest BCUT2D eigenvalue weighted by molar-refractivity contribution is 6.07. The molecule has 30 heavy (non-hydrogen) atoms. The number of hydrogen-bond donors (Lipinski definition) is 0. The van der Waals surface area contributed by atoms with Gasteiger partial charge in [0.15, 0.2) is 0 Å². The van der Waals surface area contributed by atoms with Gasteiger partial charge in [-0.3, -0.25) is 4.79 Å². The maximum atomic E-state index is 13.5. The minimum atomic E-state index is 0.0411. The van der Waals surface area contributed by atoms with Gasteiger partial charge in [-0.2, -0.15) is 0 Å². The second-order valence-corrected chi connectivity index (χ2v) is 7.27. The number of carbonyl (C=O) groups is 1. The van der Waals surface area contributed by atoms with Crippen molar-refractivity contribution in [3.63, 3.8) is 0 Å². The molecule has 0 bridgehead atoms. The van der Waals surface area contributed by atoms with Crippen LogP contribution in [0, 0.1) is 0 Å². The van der Waals surface area contributed by atoms with Gasteiger partial charge in [0.05, 0.1) is 16.8 Å². The number of anilines is 1. The standard InChI is InChI=1S/C24H21N5O/c30-23(28-13-15-29(16-14-28)24-25-11-6-12-26-24)20-17-22(18-7-2-1-3-8-18)27-21-10-5-4-9-19(20)21/h1-12,17H,13-16H2. The van der Waals surface area contributed by atoms with Gasteiger partial charge in [0.1, 0.15) is 0 Å². The molecule has 4 aromatic rings. The fourth-order valence-corrected chi connectivity index (χ4v) is 3.84. The number of fused-ring (bicyclic) bond motifs is 1. The van der Waals surface area contributed by atoms with E-state index >= 15 is 0 Å². The number of piperazine rings is 1. The quantitative estimate of drug-likeness (QED) is 0.530. The normalized spacial score (nSPS) is 14.1. The molecule has 1 amide bonds. The zero-order valence-corrected chi connectivity index (χ0v) is 16.5. The molecule has 0 atom stereocenters. The lowest BCUT2D eigenvalue weighted by molar-refractivity contribution is 0.0748. The van der Waals surface area contributed by atoms with Crippen molar-refractivity contribution in [2.75, 3.05) is 31.1 Å². The third-order valence-corrected chi connectivity index (χ3v) is 5.42. The van der Waals surface area contributed by atoms with Crippen molar-refractivity contribution in [2.24, 2.45) is 0 Å². The van der Waals surface area contributed by atoms with Crippen molar-refractivity contribution >= 4 is 22.8 Å². The van der Waals surface area contributed by atoms with Crippen molar-refractivity contribution in [3.05, 3.63) is 84.7 Å². The molecule has 0 spiro atoms. The zero-order chi connectivity index (χ0) is 20.3. The summed E-state index contributed by atoms with van der Waals surface area (Å²) in [4.78, 5) is 30.9. The Morgan fingerprint density at radius 3 is 2.27 bits per heavy atom. The van der Waals surface area contributed by atoms with E-state index in [0.29, 0.717) is 37.7 Å². The van der Waals surface area contributed by atoms with Crippen LogP contribution in [0.15, 0.2) is 79.1 Å². The fourth-order valence-electron chi connectivity index (χ4n) is 3.84. The van der Waals surface area contributed by atoms with Gasteiger partial charge in [0, 0.05) is 49.5 Å². The van der Waals surface area contributed by atoms with Crippen LogP contribution in [0.2, 0.25) is 0 Å². The summed E-state index contributed by atoms with van der Waals surface area (Å²) in [5, 5.41) is 0.885. The molecule has 1 aliphatic heterocycles. The number of amides is 1.